The van der Waals surface area contributed by atoms with Crippen molar-refractivity contribution in [2.45, 2.75) is 27.3 Å². The van der Waals surface area contributed by atoms with Crippen molar-refractivity contribution in [3.05, 3.63) is 59.2 Å². The van der Waals surface area contributed by atoms with Gasteiger partial charge in [0.2, 0.25) is 0 Å². The SMILES string of the molecule is Cc1cc(Cn2cc(-c3ccc(C)c(C)c3)cn2)n(C)n1. The third-order valence-corrected chi connectivity index (χ3v) is 3.90. The van der Waals surface area contributed by atoms with Gasteiger partial charge in [0.1, 0.15) is 0 Å². The zero-order chi connectivity index (χ0) is 15.0. The Balaban J connectivity index is 1.86. The second-order valence-electron chi connectivity index (χ2n) is 5.63. The van der Waals surface area contributed by atoms with E-state index in [0.717, 1.165) is 23.5 Å². The molecule has 0 atom stereocenters. The largest absolute Gasteiger partial charge is 0.270 e. The smallest absolute Gasteiger partial charge is 0.0828 e. The molecule has 0 aliphatic rings. The minimum absolute atomic E-state index is 0.738. The summed E-state index contributed by atoms with van der Waals surface area (Å²) >= 11 is 0. The molecular weight excluding hydrogens is 260 g/mol. The fourth-order valence-electron chi connectivity index (χ4n) is 2.50. The van der Waals surface area contributed by atoms with E-state index in [4.69, 9.17) is 0 Å². The van der Waals surface area contributed by atoms with E-state index in [-0.39, 0.29) is 0 Å². The van der Waals surface area contributed by atoms with Gasteiger partial charge in [0.15, 0.2) is 0 Å². The summed E-state index contributed by atoms with van der Waals surface area (Å²) in [5.74, 6) is 0. The van der Waals surface area contributed by atoms with Gasteiger partial charge in [-0.25, -0.2) is 0 Å². The minimum Gasteiger partial charge on any atom is -0.270 e. The first-order valence-electron chi connectivity index (χ1n) is 7.12. The molecule has 2 heterocycles. The standard InChI is InChI=1S/C17H20N4/c1-12-5-6-15(7-13(12)2)16-9-18-21(10-16)11-17-8-14(3)19-20(17)4/h5-10H,11H2,1-4H3. The van der Waals surface area contributed by atoms with Crippen LogP contribution >= 0.6 is 0 Å². The van der Waals surface area contributed by atoms with Crippen molar-refractivity contribution in [1.29, 1.82) is 0 Å². The average Bonchev–Trinajstić information content (AvgIpc) is 3.01. The Morgan fingerprint density at radius 2 is 1.81 bits per heavy atom. The predicted octanol–water partition coefficient (Wildman–Crippen LogP) is 3.26. The van der Waals surface area contributed by atoms with Crippen molar-refractivity contribution in [3.8, 4) is 11.1 Å². The maximum atomic E-state index is 4.47. The second-order valence-corrected chi connectivity index (χ2v) is 5.63. The number of hydrogen-bond donors (Lipinski definition) is 0. The monoisotopic (exact) mass is 280 g/mol. The molecule has 3 aromatic rings. The quantitative estimate of drug-likeness (QED) is 0.738. The lowest BCUT2D eigenvalue weighted by molar-refractivity contribution is 0.619. The van der Waals surface area contributed by atoms with E-state index >= 15 is 0 Å². The van der Waals surface area contributed by atoms with Gasteiger partial charge in [-0.05, 0) is 43.5 Å². The Kier molecular flexibility index (Phi) is 3.37. The van der Waals surface area contributed by atoms with E-state index in [1.807, 2.05) is 29.5 Å². The first kappa shape index (κ1) is 13.6. The molecule has 0 aliphatic heterocycles. The molecule has 0 spiro atoms. The van der Waals surface area contributed by atoms with Crippen LogP contribution in [0.1, 0.15) is 22.5 Å². The molecule has 108 valence electrons. The number of rotatable bonds is 3. The highest BCUT2D eigenvalue weighted by molar-refractivity contribution is 5.63. The zero-order valence-corrected chi connectivity index (χ0v) is 13.0. The maximum Gasteiger partial charge on any atom is 0.0828 e. The third-order valence-electron chi connectivity index (χ3n) is 3.90. The summed E-state index contributed by atoms with van der Waals surface area (Å²) in [7, 11) is 1.97. The summed E-state index contributed by atoms with van der Waals surface area (Å²) in [5.41, 5.74) is 7.18. The zero-order valence-electron chi connectivity index (χ0n) is 13.0. The van der Waals surface area contributed by atoms with Crippen molar-refractivity contribution in [2.24, 2.45) is 7.05 Å². The van der Waals surface area contributed by atoms with Crippen LogP contribution in [0.3, 0.4) is 0 Å². The lowest BCUT2D eigenvalue weighted by Gasteiger charge is -2.03. The van der Waals surface area contributed by atoms with Crippen molar-refractivity contribution in [2.75, 3.05) is 0 Å². The van der Waals surface area contributed by atoms with Gasteiger partial charge in [-0.15, -0.1) is 0 Å². The average molecular weight is 280 g/mol. The van der Waals surface area contributed by atoms with E-state index in [1.165, 1.54) is 16.7 Å². The van der Waals surface area contributed by atoms with Gasteiger partial charge in [-0.1, -0.05) is 18.2 Å². The number of nitrogens with zero attached hydrogens (tertiary/aromatic N) is 4. The van der Waals surface area contributed by atoms with Crippen molar-refractivity contribution < 1.29 is 0 Å². The Labute approximate surface area is 125 Å². The van der Waals surface area contributed by atoms with Crippen LogP contribution in [-0.2, 0) is 13.6 Å². The van der Waals surface area contributed by atoms with E-state index < -0.39 is 0 Å². The third kappa shape index (κ3) is 2.75. The van der Waals surface area contributed by atoms with Crippen LogP contribution in [0, 0.1) is 20.8 Å². The molecule has 4 nitrogen and oxygen atoms in total. The molecule has 4 heteroatoms. The minimum atomic E-state index is 0.738. The topological polar surface area (TPSA) is 35.6 Å². The molecule has 2 aromatic heterocycles. The summed E-state index contributed by atoms with van der Waals surface area (Å²) in [6.07, 6.45) is 4.01. The summed E-state index contributed by atoms with van der Waals surface area (Å²) in [6.45, 7) is 7.02. The summed E-state index contributed by atoms with van der Waals surface area (Å²) in [5, 5.41) is 8.83. The lowest BCUT2D eigenvalue weighted by Crippen LogP contribution is -2.05. The molecule has 3 rings (SSSR count). The van der Waals surface area contributed by atoms with Crippen LogP contribution in [0.25, 0.3) is 11.1 Å². The van der Waals surface area contributed by atoms with Crippen LogP contribution < -0.4 is 0 Å². The first-order valence-corrected chi connectivity index (χ1v) is 7.12. The van der Waals surface area contributed by atoms with Gasteiger partial charge in [-0.3, -0.25) is 9.36 Å². The fourth-order valence-corrected chi connectivity index (χ4v) is 2.50. The highest BCUT2D eigenvalue weighted by Crippen LogP contribution is 2.21. The Bertz CT molecular complexity index is 780. The van der Waals surface area contributed by atoms with E-state index in [0.29, 0.717) is 0 Å². The van der Waals surface area contributed by atoms with Crippen molar-refractivity contribution >= 4 is 0 Å². The highest BCUT2D eigenvalue weighted by atomic mass is 15.3. The molecule has 0 aliphatic carbocycles. The van der Waals surface area contributed by atoms with Gasteiger partial charge < -0.3 is 0 Å². The second kappa shape index (κ2) is 5.20. The predicted molar refractivity (Wildman–Crippen MR) is 84.2 cm³/mol. The maximum absolute atomic E-state index is 4.47. The van der Waals surface area contributed by atoms with Gasteiger partial charge in [0, 0.05) is 18.8 Å². The van der Waals surface area contributed by atoms with Crippen molar-refractivity contribution in [3.63, 3.8) is 0 Å². The molecule has 0 saturated heterocycles. The summed E-state index contributed by atoms with van der Waals surface area (Å²) < 4.78 is 3.87. The van der Waals surface area contributed by atoms with Gasteiger partial charge in [-0.2, -0.15) is 10.2 Å². The Morgan fingerprint density at radius 3 is 2.48 bits per heavy atom. The molecule has 0 amide bonds. The molecule has 0 bridgehead atoms. The van der Waals surface area contributed by atoms with Gasteiger partial charge in [0.25, 0.3) is 0 Å². The van der Waals surface area contributed by atoms with Crippen molar-refractivity contribution in [1.82, 2.24) is 19.6 Å². The normalized spacial score (nSPS) is 11.0. The highest BCUT2D eigenvalue weighted by Gasteiger charge is 2.06. The van der Waals surface area contributed by atoms with Crippen LogP contribution in [0.4, 0.5) is 0 Å². The number of aromatic nitrogens is 4. The van der Waals surface area contributed by atoms with Crippen LogP contribution in [-0.4, -0.2) is 19.6 Å². The molecule has 1 aromatic carbocycles. The number of aryl methyl sites for hydroxylation is 4. The number of hydrogen-bond acceptors (Lipinski definition) is 2. The molecule has 21 heavy (non-hydrogen) atoms. The van der Waals surface area contributed by atoms with Crippen LogP contribution in [0.5, 0.6) is 0 Å². The molecule has 0 unspecified atom stereocenters. The number of benzene rings is 1. The summed E-state index contributed by atoms with van der Waals surface area (Å²) in [4.78, 5) is 0. The molecule has 0 fully saturated rings. The van der Waals surface area contributed by atoms with Gasteiger partial charge >= 0.3 is 0 Å². The van der Waals surface area contributed by atoms with E-state index in [2.05, 4.69) is 54.5 Å². The van der Waals surface area contributed by atoms with Gasteiger partial charge in [0.05, 0.1) is 24.1 Å². The molecule has 0 saturated carbocycles. The fraction of sp³-hybridized carbons (Fsp3) is 0.294. The lowest BCUT2D eigenvalue weighted by atomic mass is 10.0. The molecule has 0 N–H and O–H groups in total. The first-order chi connectivity index (χ1) is 10.0. The van der Waals surface area contributed by atoms with E-state index in [9.17, 15) is 0 Å². The van der Waals surface area contributed by atoms with Crippen LogP contribution in [0.15, 0.2) is 36.7 Å². The molecule has 0 radical (unpaired) electrons. The Hall–Kier alpha value is -2.36. The Morgan fingerprint density at radius 1 is 1.00 bits per heavy atom. The van der Waals surface area contributed by atoms with E-state index in [1.54, 1.807) is 0 Å². The molecular formula is C17H20N4. The van der Waals surface area contributed by atoms with Crippen LogP contribution in [0.2, 0.25) is 0 Å². The summed E-state index contributed by atoms with van der Waals surface area (Å²) in [6, 6.07) is 8.62.